The van der Waals surface area contributed by atoms with Gasteiger partial charge in [0.25, 0.3) is 5.91 Å². The Morgan fingerprint density at radius 1 is 1.19 bits per heavy atom. The van der Waals surface area contributed by atoms with E-state index < -0.39 is 0 Å². The highest BCUT2D eigenvalue weighted by atomic mass is 19.1. The molecule has 0 spiro atoms. The minimum Gasteiger partial charge on any atom is -0.356 e. The van der Waals surface area contributed by atoms with Crippen LogP contribution in [0.25, 0.3) is 0 Å². The Morgan fingerprint density at radius 2 is 1.97 bits per heavy atom. The molecule has 0 radical (unpaired) electrons. The summed E-state index contributed by atoms with van der Waals surface area (Å²) < 4.78 is 13.2. The molecule has 7 nitrogen and oxygen atoms in total. The maximum Gasteiger partial charge on any atom is 0.254 e. The monoisotopic (exact) mass is 425 g/mol. The number of hydrogen-bond donors (Lipinski definition) is 3. The van der Waals surface area contributed by atoms with Crippen LogP contribution in [-0.4, -0.2) is 55.9 Å². The Labute approximate surface area is 181 Å². The number of amides is 2. The van der Waals surface area contributed by atoms with E-state index in [4.69, 9.17) is 0 Å². The van der Waals surface area contributed by atoms with E-state index in [1.807, 2.05) is 25.1 Å². The summed E-state index contributed by atoms with van der Waals surface area (Å²) in [6.45, 7) is 4.23. The summed E-state index contributed by atoms with van der Waals surface area (Å²) in [5.41, 5.74) is 3.60. The normalized spacial score (nSPS) is 14.2. The highest BCUT2D eigenvalue weighted by molar-refractivity contribution is 5.97. The maximum absolute atomic E-state index is 13.2. The molecule has 2 aromatic rings. The molecule has 1 heterocycles. The van der Waals surface area contributed by atoms with Gasteiger partial charge in [0.05, 0.1) is 6.54 Å². The summed E-state index contributed by atoms with van der Waals surface area (Å²) >= 11 is 0. The summed E-state index contributed by atoms with van der Waals surface area (Å²) in [5.74, 6) is 0.178. The molecular weight excluding hydrogens is 397 g/mol. The predicted molar refractivity (Wildman–Crippen MR) is 118 cm³/mol. The lowest BCUT2D eigenvalue weighted by Crippen LogP contribution is -2.49. The number of nitrogens with one attached hydrogen (secondary N) is 3. The van der Waals surface area contributed by atoms with Gasteiger partial charge in [-0.2, -0.15) is 0 Å². The highest BCUT2D eigenvalue weighted by Crippen LogP contribution is 2.11. The number of hydrogen-bond acceptors (Lipinski definition) is 3. The third-order valence-corrected chi connectivity index (χ3v) is 5.20. The van der Waals surface area contributed by atoms with Gasteiger partial charge in [0.15, 0.2) is 5.96 Å². The van der Waals surface area contributed by atoms with Gasteiger partial charge in [-0.3, -0.25) is 14.6 Å². The molecule has 3 N–H and O–H groups in total. The van der Waals surface area contributed by atoms with E-state index in [1.165, 1.54) is 12.1 Å². The average molecular weight is 426 g/mol. The van der Waals surface area contributed by atoms with Crippen molar-refractivity contribution in [1.29, 1.82) is 0 Å². The van der Waals surface area contributed by atoms with Gasteiger partial charge < -0.3 is 20.9 Å². The van der Waals surface area contributed by atoms with E-state index >= 15 is 0 Å². The Bertz CT molecular complexity index is 959. The van der Waals surface area contributed by atoms with E-state index in [2.05, 4.69) is 20.9 Å². The quantitative estimate of drug-likeness (QED) is 0.485. The van der Waals surface area contributed by atoms with Crippen molar-refractivity contribution in [3.63, 3.8) is 0 Å². The first-order valence-corrected chi connectivity index (χ1v) is 10.3. The van der Waals surface area contributed by atoms with Gasteiger partial charge in [0, 0.05) is 38.8 Å². The summed E-state index contributed by atoms with van der Waals surface area (Å²) in [6.07, 6.45) is 0.762. The molecule has 2 aromatic carbocycles. The Hall–Kier alpha value is -3.42. The van der Waals surface area contributed by atoms with Crippen molar-refractivity contribution in [2.75, 3.05) is 33.2 Å². The second-order valence-corrected chi connectivity index (χ2v) is 7.45. The van der Waals surface area contributed by atoms with E-state index in [0.717, 1.165) is 23.1 Å². The molecule has 0 aromatic heterocycles. The van der Waals surface area contributed by atoms with Crippen LogP contribution in [0.5, 0.6) is 0 Å². The molecule has 3 rings (SSSR count). The first-order valence-electron chi connectivity index (χ1n) is 10.3. The van der Waals surface area contributed by atoms with Crippen LogP contribution in [0.1, 0.15) is 27.0 Å². The van der Waals surface area contributed by atoms with Crippen molar-refractivity contribution < 1.29 is 14.0 Å². The minimum absolute atomic E-state index is 0.0988. The summed E-state index contributed by atoms with van der Waals surface area (Å²) in [5, 5.41) is 9.21. The summed E-state index contributed by atoms with van der Waals surface area (Å²) in [7, 11) is 1.70. The lowest BCUT2D eigenvalue weighted by molar-refractivity contribution is -0.123. The first kappa shape index (κ1) is 22.3. The average Bonchev–Trinajstić information content (AvgIpc) is 2.77. The third-order valence-electron chi connectivity index (χ3n) is 5.20. The Balaban J connectivity index is 1.47. The fraction of sp³-hybridized carbons (Fsp3) is 0.348. The van der Waals surface area contributed by atoms with Gasteiger partial charge in [-0.25, -0.2) is 4.39 Å². The van der Waals surface area contributed by atoms with Gasteiger partial charge in [-0.1, -0.05) is 18.2 Å². The first-order chi connectivity index (χ1) is 15.0. The molecule has 0 unspecified atom stereocenters. The van der Waals surface area contributed by atoms with Crippen LogP contribution in [0.4, 0.5) is 4.39 Å². The third kappa shape index (κ3) is 6.28. The van der Waals surface area contributed by atoms with Crippen LogP contribution in [0.15, 0.2) is 47.5 Å². The van der Waals surface area contributed by atoms with Crippen molar-refractivity contribution in [3.8, 4) is 0 Å². The molecule has 0 atom stereocenters. The SMILES string of the molecule is CN=C(NCCc1ccc(F)cc1C)NCc1ccc(C(=O)N2CCNC(=O)C2)cc1. The zero-order chi connectivity index (χ0) is 22.2. The molecule has 31 heavy (non-hydrogen) atoms. The van der Waals surface area contributed by atoms with Crippen LogP contribution in [0, 0.1) is 12.7 Å². The van der Waals surface area contributed by atoms with Crippen molar-refractivity contribution >= 4 is 17.8 Å². The smallest absolute Gasteiger partial charge is 0.254 e. The second kappa shape index (κ2) is 10.6. The van der Waals surface area contributed by atoms with Gasteiger partial charge >= 0.3 is 0 Å². The van der Waals surface area contributed by atoms with Gasteiger partial charge in [-0.15, -0.1) is 0 Å². The largest absolute Gasteiger partial charge is 0.356 e. The molecule has 164 valence electrons. The van der Waals surface area contributed by atoms with Gasteiger partial charge in [-0.05, 0) is 54.3 Å². The van der Waals surface area contributed by atoms with Crippen LogP contribution in [0.2, 0.25) is 0 Å². The number of carbonyl (C=O) groups excluding carboxylic acids is 2. The molecule has 1 aliphatic heterocycles. The lowest BCUT2D eigenvalue weighted by Gasteiger charge is -2.26. The molecule has 8 heteroatoms. The maximum atomic E-state index is 13.2. The van der Waals surface area contributed by atoms with Crippen LogP contribution in [0.3, 0.4) is 0 Å². The van der Waals surface area contributed by atoms with Crippen molar-refractivity contribution in [3.05, 3.63) is 70.5 Å². The molecule has 1 saturated heterocycles. The topological polar surface area (TPSA) is 85.8 Å². The molecular formula is C23H28FN5O2. The number of piperazine rings is 1. The number of nitrogens with zero attached hydrogens (tertiary/aromatic N) is 2. The van der Waals surface area contributed by atoms with E-state index in [-0.39, 0.29) is 24.2 Å². The van der Waals surface area contributed by atoms with Crippen LogP contribution >= 0.6 is 0 Å². The fourth-order valence-electron chi connectivity index (χ4n) is 3.42. The molecule has 2 amide bonds. The number of benzene rings is 2. The molecule has 0 aliphatic carbocycles. The van der Waals surface area contributed by atoms with Crippen molar-refractivity contribution in [2.45, 2.75) is 19.9 Å². The van der Waals surface area contributed by atoms with E-state index in [1.54, 1.807) is 24.1 Å². The van der Waals surface area contributed by atoms with Crippen molar-refractivity contribution in [1.82, 2.24) is 20.9 Å². The fourth-order valence-corrected chi connectivity index (χ4v) is 3.42. The second-order valence-electron chi connectivity index (χ2n) is 7.45. The standard InChI is InChI=1S/C23H28FN5O2/c1-16-13-20(24)8-7-18(16)9-10-27-23(25-2)28-14-17-3-5-19(6-4-17)22(31)29-12-11-26-21(30)15-29/h3-8,13H,9-12,14-15H2,1-2H3,(H,26,30)(H2,25,27,28). The van der Waals surface area contributed by atoms with Gasteiger partial charge in [0.2, 0.25) is 5.91 Å². The Morgan fingerprint density at radius 3 is 2.65 bits per heavy atom. The summed E-state index contributed by atoms with van der Waals surface area (Å²) in [6, 6.07) is 12.2. The number of halogens is 1. The van der Waals surface area contributed by atoms with E-state index in [9.17, 15) is 14.0 Å². The molecule has 1 aliphatic rings. The molecule has 1 fully saturated rings. The predicted octanol–water partition coefficient (Wildman–Crippen LogP) is 1.61. The Kier molecular flexibility index (Phi) is 7.59. The number of aliphatic imine (C=N–C) groups is 1. The lowest BCUT2D eigenvalue weighted by atomic mass is 10.1. The zero-order valence-corrected chi connectivity index (χ0v) is 17.9. The number of aryl methyl sites for hydroxylation is 1. The number of guanidine groups is 1. The molecule has 0 saturated carbocycles. The van der Waals surface area contributed by atoms with E-state index in [0.29, 0.717) is 37.7 Å². The highest BCUT2D eigenvalue weighted by Gasteiger charge is 2.22. The number of rotatable bonds is 6. The van der Waals surface area contributed by atoms with Crippen molar-refractivity contribution in [2.24, 2.45) is 4.99 Å². The number of carbonyl (C=O) groups is 2. The van der Waals surface area contributed by atoms with Gasteiger partial charge in [0.1, 0.15) is 5.82 Å². The summed E-state index contributed by atoms with van der Waals surface area (Å²) in [4.78, 5) is 29.8. The van der Waals surface area contributed by atoms with Crippen LogP contribution < -0.4 is 16.0 Å². The molecule has 0 bridgehead atoms. The minimum atomic E-state index is -0.221. The van der Waals surface area contributed by atoms with Crippen LogP contribution in [-0.2, 0) is 17.8 Å². The zero-order valence-electron chi connectivity index (χ0n) is 17.9.